The number of aryl methyl sites for hydroxylation is 2. The van der Waals surface area contributed by atoms with Gasteiger partial charge in [-0.05, 0) is 55.8 Å². The summed E-state index contributed by atoms with van der Waals surface area (Å²) in [6.45, 7) is 3.49. The van der Waals surface area contributed by atoms with Crippen LogP contribution in [0.1, 0.15) is 28.3 Å². The van der Waals surface area contributed by atoms with E-state index in [0.29, 0.717) is 22.6 Å². The van der Waals surface area contributed by atoms with Gasteiger partial charge in [0.25, 0.3) is 11.7 Å². The van der Waals surface area contributed by atoms with Gasteiger partial charge in [-0.1, -0.05) is 35.9 Å². The summed E-state index contributed by atoms with van der Waals surface area (Å²) in [6.07, 6.45) is 0. The Bertz CT molecular complexity index is 1250. The van der Waals surface area contributed by atoms with Gasteiger partial charge in [0.05, 0.1) is 18.7 Å². The van der Waals surface area contributed by atoms with Gasteiger partial charge in [0.15, 0.2) is 0 Å². The molecule has 3 aromatic carbocycles. The number of anilines is 1. The molecule has 1 N–H and O–H groups in total. The molecule has 0 spiro atoms. The molecule has 162 valence electrons. The van der Waals surface area contributed by atoms with Crippen LogP contribution in [-0.2, 0) is 9.59 Å². The van der Waals surface area contributed by atoms with E-state index in [-0.39, 0.29) is 16.9 Å². The Kier molecular flexibility index (Phi) is 5.53. The Morgan fingerprint density at radius 3 is 2.34 bits per heavy atom. The zero-order valence-corrected chi connectivity index (χ0v) is 17.9. The molecule has 0 saturated carbocycles. The van der Waals surface area contributed by atoms with E-state index in [1.807, 2.05) is 19.1 Å². The van der Waals surface area contributed by atoms with Crippen molar-refractivity contribution in [3.05, 3.63) is 100 Å². The van der Waals surface area contributed by atoms with Crippen molar-refractivity contribution in [2.45, 2.75) is 19.9 Å². The number of amides is 1. The van der Waals surface area contributed by atoms with Gasteiger partial charge >= 0.3 is 0 Å². The molecule has 1 amide bonds. The second kappa shape index (κ2) is 8.30. The average Bonchev–Trinajstić information content (AvgIpc) is 3.06. The van der Waals surface area contributed by atoms with E-state index >= 15 is 0 Å². The highest BCUT2D eigenvalue weighted by molar-refractivity contribution is 6.51. The highest BCUT2D eigenvalue weighted by atomic mass is 19.1. The number of ketones is 1. The fourth-order valence-electron chi connectivity index (χ4n) is 3.94. The molecule has 1 aliphatic heterocycles. The quantitative estimate of drug-likeness (QED) is 0.356. The number of aliphatic hydroxyl groups excluding tert-OH is 1. The van der Waals surface area contributed by atoms with Crippen molar-refractivity contribution in [2.75, 3.05) is 12.0 Å². The minimum Gasteiger partial charge on any atom is -0.507 e. The first-order chi connectivity index (χ1) is 15.3. The lowest BCUT2D eigenvalue weighted by molar-refractivity contribution is -0.132. The third-order valence-electron chi connectivity index (χ3n) is 5.62. The summed E-state index contributed by atoms with van der Waals surface area (Å²) < 4.78 is 19.3. The summed E-state index contributed by atoms with van der Waals surface area (Å²) in [6, 6.07) is 17.4. The van der Waals surface area contributed by atoms with Crippen LogP contribution in [0.25, 0.3) is 5.76 Å². The van der Waals surface area contributed by atoms with Crippen LogP contribution in [-0.4, -0.2) is 23.9 Å². The minimum absolute atomic E-state index is 0.0777. The van der Waals surface area contributed by atoms with Gasteiger partial charge in [-0.25, -0.2) is 4.39 Å². The van der Waals surface area contributed by atoms with E-state index in [4.69, 9.17) is 4.74 Å². The monoisotopic (exact) mass is 431 g/mol. The number of hydrogen-bond acceptors (Lipinski definition) is 4. The maximum Gasteiger partial charge on any atom is 0.300 e. The van der Waals surface area contributed by atoms with E-state index in [9.17, 15) is 19.1 Å². The van der Waals surface area contributed by atoms with Gasteiger partial charge < -0.3 is 9.84 Å². The van der Waals surface area contributed by atoms with E-state index in [1.54, 1.807) is 43.3 Å². The van der Waals surface area contributed by atoms with Crippen LogP contribution >= 0.6 is 0 Å². The maximum absolute atomic E-state index is 13.8. The van der Waals surface area contributed by atoms with Crippen molar-refractivity contribution in [1.82, 2.24) is 0 Å². The zero-order valence-electron chi connectivity index (χ0n) is 17.9. The molecule has 0 aromatic heterocycles. The lowest BCUT2D eigenvalue weighted by atomic mass is 9.94. The SMILES string of the molecule is COc1ccccc1C1/C(=C(\O)c2ccc(F)c(C)c2)C(=O)C(=O)N1c1ccc(C)cc1. The van der Waals surface area contributed by atoms with E-state index in [2.05, 4.69) is 0 Å². The Morgan fingerprint density at radius 1 is 1.00 bits per heavy atom. The molecule has 1 atom stereocenters. The average molecular weight is 431 g/mol. The first kappa shape index (κ1) is 21.3. The Labute approximate surface area is 185 Å². The highest BCUT2D eigenvalue weighted by Gasteiger charge is 2.47. The molecule has 4 rings (SSSR count). The molecule has 32 heavy (non-hydrogen) atoms. The van der Waals surface area contributed by atoms with E-state index < -0.39 is 23.5 Å². The van der Waals surface area contributed by atoms with Gasteiger partial charge in [0.1, 0.15) is 17.3 Å². The maximum atomic E-state index is 13.8. The van der Waals surface area contributed by atoms with Gasteiger partial charge in [-0.2, -0.15) is 0 Å². The number of para-hydroxylation sites is 1. The summed E-state index contributed by atoms with van der Waals surface area (Å²) in [5, 5.41) is 11.1. The Balaban J connectivity index is 1.99. The summed E-state index contributed by atoms with van der Waals surface area (Å²) in [5.41, 5.74) is 2.56. The van der Waals surface area contributed by atoms with Crippen molar-refractivity contribution >= 4 is 23.1 Å². The predicted octanol–water partition coefficient (Wildman–Crippen LogP) is 5.08. The van der Waals surface area contributed by atoms with Crippen molar-refractivity contribution < 1.29 is 23.8 Å². The predicted molar refractivity (Wildman–Crippen MR) is 120 cm³/mol. The van der Waals surface area contributed by atoms with Crippen molar-refractivity contribution in [2.24, 2.45) is 0 Å². The van der Waals surface area contributed by atoms with Crippen molar-refractivity contribution in [3.8, 4) is 5.75 Å². The number of carbonyl (C=O) groups excluding carboxylic acids is 2. The van der Waals surface area contributed by atoms with Crippen LogP contribution in [0, 0.1) is 19.7 Å². The second-order valence-electron chi connectivity index (χ2n) is 7.71. The second-order valence-corrected chi connectivity index (χ2v) is 7.71. The lowest BCUT2D eigenvalue weighted by Crippen LogP contribution is -2.29. The molecule has 0 aliphatic carbocycles. The first-order valence-electron chi connectivity index (χ1n) is 10.1. The summed E-state index contributed by atoms with van der Waals surface area (Å²) in [4.78, 5) is 27.7. The molecule has 1 unspecified atom stereocenters. The Hall–Kier alpha value is -3.93. The van der Waals surface area contributed by atoms with Gasteiger partial charge in [0, 0.05) is 16.8 Å². The minimum atomic E-state index is -0.917. The number of methoxy groups -OCH3 is 1. The number of rotatable bonds is 4. The summed E-state index contributed by atoms with van der Waals surface area (Å²) in [7, 11) is 1.50. The molecule has 3 aromatic rings. The molecule has 1 saturated heterocycles. The van der Waals surface area contributed by atoms with Crippen LogP contribution in [0.5, 0.6) is 5.75 Å². The van der Waals surface area contributed by atoms with Crippen LogP contribution in [0.15, 0.2) is 72.3 Å². The van der Waals surface area contributed by atoms with Crippen molar-refractivity contribution in [3.63, 3.8) is 0 Å². The first-order valence-corrected chi connectivity index (χ1v) is 10.1. The van der Waals surface area contributed by atoms with Crippen LogP contribution in [0.2, 0.25) is 0 Å². The highest BCUT2D eigenvalue weighted by Crippen LogP contribution is 2.44. The third kappa shape index (κ3) is 3.54. The molecule has 1 aliphatic rings. The summed E-state index contributed by atoms with van der Waals surface area (Å²) >= 11 is 0. The van der Waals surface area contributed by atoms with Crippen LogP contribution in [0.4, 0.5) is 10.1 Å². The molecule has 1 heterocycles. The largest absolute Gasteiger partial charge is 0.507 e. The number of aliphatic hydroxyl groups is 1. The number of benzene rings is 3. The molecule has 5 nitrogen and oxygen atoms in total. The third-order valence-corrected chi connectivity index (χ3v) is 5.62. The number of hydrogen-bond donors (Lipinski definition) is 1. The van der Waals surface area contributed by atoms with E-state index in [0.717, 1.165) is 5.56 Å². The standard InChI is InChI=1S/C26H22FNO4/c1-15-8-11-18(12-9-15)28-23(19-6-4-5-7-21(19)32-3)22(25(30)26(28)31)24(29)17-10-13-20(27)16(2)14-17/h4-14,23,29H,1-3H3/b24-22+. The zero-order chi connectivity index (χ0) is 23.0. The Morgan fingerprint density at radius 2 is 1.69 bits per heavy atom. The number of Topliss-reactive ketones (excluding diaryl/α,β-unsaturated/α-hetero) is 1. The summed E-state index contributed by atoms with van der Waals surface area (Å²) in [5.74, 6) is -1.90. The molecule has 0 bridgehead atoms. The molecular weight excluding hydrogens is 409 g/mol. The lowest BCUT2D eigenvalue weighted by Gasteiger charge is -2.26. The number of halogens is 1. The van der Waals surface area contributed by atoms with Gasteiger partial charge in [0.2, 0.25) is 0 Å². The number of nitrogens with zero attached hydrogens (tertiary/aromatic N) is 1. The smallest absolute Gasteiger partial charge is 0.300 e. The molecule has 6 heteroatoms. The molecular formula is C26H22FNO4. The normalized spacial score (nSPS) is 17.6. The van der Waals surface area contributed by atoms with Gasteiger partial charge in [-0.3, -0.25) is 14.5 Å². The van der Waals surface area contributed by atoms with Gasteiger partial charge in [-0.15, -0.1) is 0 Å². The van der Waals surface area contributed by atoms with Crippen LogP contribution in [0.3, 0.4) is 0 Å². The fraction of sp³-hybridized carbons (Fsp3) is 0.154. The molecule has 1 fully saturated rings. The topological polar surface area (TPSA) is 66.8 Å². The fourth-order valence-corrected chi connectivity index (χ4v) is 3.94. The van der Waals surface area contributed by atoms with Crippen LogP contribution < -0.4 is 9.64 Å². The number of carbonyl (C=O) groups is 2. The number of ether oxygens (including phenoxy) is 1. The van der Waals surface area contributed by atoms with E-state index in [1.165, 1.54) is 30.2 Å². The molecule has 0 radical (unpaired) electrons. The van der Waals surface area contributed by atoms with Crippen molar-refractivity contribution in [1.29, 1.82) is 0 Å².